The third-order valence-corrected chi connectivity index (χ3v) is 2.41. The lowest BCUT2D eigenvalue weighted by Gasteiger charge is -2.20. The normalized spacial score (nSPS) is 10.5. The molecule has 0 saturated carbocycles. The molecule has 1 N–H and O–H groups in total. The van der Waals surface area contributed by atoms with Crippen LogP contribution in [0.1, 0.15) is 0 Å². The Kier molecular flexibility index (Phi) is 4.78. The lowest BCUT2D eigenvalue weighted by molar-refractivity contribution is -0.384. The average Bonchev–Trinajstić information content (AvgIpc) is 2.34. The highest BCUT2D eigenvalue weighted by Crippen LogP contribution is 2.24. The molecule has 100 valence electrons. The number of nitrogens with one attached hydrogen (secondary N) is 1. The van der Waals surface area contributed by atoms with E-state index in [2.05, 4.69) is 15.3 Å². The molecular weight excluding hydrogens is 236 g/mol. The summed E-state index contributed by atoms with van der Waals surface area (Å²) in [6.07, 6.45) is 1.22. The highest BCUT2D eigenvalue weighted by atomic mass is 16.6. The van der Waals surface area contributed by atoms with E-state index >= 15 is 0 Å². The van der Waals surface area contributed by atoms with E-state index in [9.17, 15) is 10.1 Å². The van der Waals surface area contributed by atoms with Gasteiger partial charge < -0.3 is 15.1 Å². The maximum Gasteiger partial charge on any atom is 0.329 e. The molecule has 1 rings (SSSR count). The maximum absolute atomic E-state index is 10.9. The Hall–Kier alpha value is -1.96. The summed E-state index contributed by atoms with van der Waals surface area (Å²) in [6.45, 7) is 1.43. The summed E-state index contributed by atoms with van der Waals surface area (Å²) in [5.41, 5.74) is -0.0877. The van der Waals surface area contributed by atoms with Crippen molar-refractivity contribution in [1.82, 2.24) is 14.9 Å². The van der Waals surface area contributed by atoms with Gasteiger partial charge >= 0.3 is 5.69 Å². The fraction of sp³-hybridized carbons (Fsp3) is 0.600. The van der Waals surface area contributed by atoms with Gasteiger partial charge in [0.2, 0.25) is 11.8 Å². The minimum absolute atomic E-state index is 0.0877. The van der Waals surface area contributed by atoms with E-state index in [1.807, 2.05) is 19.0 Å². The van der Waals surface area contributed by atoms with Gasteiger partial charge in [0.15, 0.2) is 0 Å². The zero-order valence-corrected chi connectivity index (χ0v) is 11.0. The lowest BCUT2D eigenvalue weighted by atomic mass is 10.4. The Morgan fingerprint density at radius 1 is 1.39 bits per heavy atom. The van der Waals surface area contributed by atoms with Crippen LogP contribution in [0.25, 0.3) is 0 Å². The van der Waals surface area contributed by atoms with Crippen LogP contribution in [0.2, 0.25) is 0 Å². The quantitative estimate of drug-likeness (QED) is 0.581. The van der Waals surface area contributed by atoms with Crippen LogP contribution in [0.15, 0.2) is 6.20 Å². The zero-order valence-electron chi connectivity index (χ0n) is 11.0. The maximum atomic E-state index is 10.9. The first-order valence-corrected chi connectivity index (χ1v) is 5.50. The number of nitrogens with zero attached hydrogens (tertiary/aromatic N) is 5. The predicted octanol–water partition coefficient (Wildman–Crippen LogP) is 0.424. The molecule has 0 aliphatic carbocycles. The van der Waals surface area contributed by atoms with Crippen LogP contribution < -0.4 is 10.2 Å². The predicted molar refractivity (Wildman–Crippen MR) is 70.1 cm³/mol. The van der Waals surface area contributed by atoms with E-state index in [1.54, 1.807) is 19.0 Å². The Morgan fingerprint density at radius 2 is 2.06 bits per heavy atom. The second-order valence-electron chi connectivity index (χ2n) is 4.13. The first-order valence-electron chi connectivity index (χ1n) is 5.50. The van der Waals surface area contributed by atoms with Crippen LogP contribution in [0, 0.1) is 10.1 Å². The van der Waals surface area contributed by atoms with Gasteiger partial charge in [0, 0.05) is 27.2 Å². The van der Waals surface area contributed by atoms with Crippen molar-refractivity contribution < 1.29 is 4.92 Å². The van der Waals surface area contributed by atoms with Crippen LogP contribution in [0.5, 0.6) is 0 Å². The molecule has 0 aromatic carbocycles. The van der Waals surface area contributed by atoms with E-state index < -0.39 is 4.92 Å². The molecule has 0 atom stereocenters. The van der Waals surface area contributed by atoms with E-state index in [-0.39, 0.29) is 5.69 Å². The number of hydrogen-bond acceptors (Lipinski definition) is 7. The van der Waals surface area contributed by atoms with Crippen molar-refractivity contribution in [3.8, 4) is 0 Å². The molecule has 0 amide bonds. The number of aromatic nitrogens is 2. The summed E-state index contributed by atoms with van der Waals surface area (Å²) in [5, 5.41) is 13.7. The Bertz CT molecular complexity index is 423. The first-order chi connectivity index (χ1) is 8.45. The fourth-order valence-corrected chi connectivity index (χ4v) is 1.35. The molecule has 0 radical (unpaired) electrons. The fourth-order valence-electron chi connectivity index (χ4n) is 1.35. The zero-order chi connectivity index (χ0) is 13.7. The lowest BCUT2D eigenvalue weighted by Crippen LogP contribution is -2.29. The molecule has 8 nitrogen and oxygen atoms in total. The topological polar surface area (TPSA) is 87.4 Å². The van der Waals surface area contributed by atoms with Gasteiger partial charge in [0.05, 0.1) is 4.92 Å². The van der Waals surface area contributed by atoms with Gasteiger partial charge in [-0.05, 0) is 14.1 Å². The second-order valence-corrected chi connectivity index (χ2v) is 4.13. The van der Waals surface area contributed by atoms with Crippen LogP contribution in [0.3, 0.4) is 0 Å². The molecule has 1 aromatic rings. The molecule has 0 spiro atoms. The van der Waals surface area contributed by atoms with Gasteiger partial charge in [-0.3, -0.25) is 10.1 Å². The van der Waals surface area contributed by atoms with Crippen LogP contribution in [-0.2, 0) is 0 Å². The molecule has 1 aromatic heterocycles. The molecule has 1 heterocycles. The number of anilines is 2. The molecular formula is C10H18N6O2. The van der Waals surface area contributed by atoms with Gasteiger partial charge in [-0.1, -0.05) is 0 Å². The van der Waals surface area contributed by atoms with E-state index in [0.29, 0.717) is 18.3 Å². The molecule has 0 saturated heterocycles. The molecule has 0 bridgehead atoms. The summed E-state index contributed by atoms with van der Waals surface area (Å²) in [6, 6.07) is 0. The minimum atomic E-state index is -0.471. The number of hydrogen-bond donors (Lipinski definition) is 1. The number of rotatable bonds is 6. The van der Waals surface area contributed by atoms with E-state index in [0.717, 1.165) is 6.54 Å². The third kappa shape index (κ3) is 3.52. The van der Waals surface area contributed by atoms with E-state index in [1.165, 1.54) is 6.20 Å². The first kappa shape index (κ1) is 14.1. The van der Waals surface area contributed by atoms with Gasteiger partial charge in [-0.15, -0.1) is 0 Å². The summed E-state index contributed by atoms with van der Waals surface area (Å²) in [7, 11) is 7.34. The highest BCUT2D eigenvalue weighted by molar-refractivity contribution is 5.58. The minimum Gasteiger partial charge on any atom is -0.357 e. The monoisotopic (exact) mass is 254 g/mol. The SMILES string of the molecule is CNc1ncc([N+](=O)[O-])c(N(C)CCN(C)C)n1. The molecule has 0 aliphatic heterocycles. The summed E-state index contributed by atoms with van der Waals surface area (Å²) in [4.78, 5) is 22.2. The second kappa shape index (κ2) is 6.10. The van der Waals surface area contributed by atoms with Crippen LogP contribution in [-0.4, -0.2) is 61.1 Å². The van der Waals surface area contributed by atoms with Crippen molar-refractivity contribution in [3.63, 3.8) is 0 Å². The molecule has 8 heteroatoms. The highest BCUT2D eigenvalue weighted by Gasteiger charge is 2.20. The molecule has 0 aliphatic rings. The number of likely N-dealkylation sites (N-methyl/N-ethyl adjacent to an activating group) is 2. The van der Waals surface area contributed by atoms with Crippen molar-refractivity contribution >= 4 is 17.5 Å². The summed E-state index contributed by atoms with van der Waals surface area (Å²) in [5.74, 6) is 0.688. The molecule has 0 unspecified atom stereocenters. The Balaban J connectivity index is 2.99. The standard InChI is InChI=1S/C10H18N6O2/c1-11-10-12-7-8(16(17)18)9(13-10)15(4)6-5-14(2)3/h7H,5-6H2,1-4H3,(H,11,12,13). The van der Waals surface area contributed by atoms with Crippen LogP contribution >= 0.6 is 0 Å². The number of nitro groups is 1. The van der Waals surface area contributed by atoms with Crippen molar-refractivity contribution in [2.75, 3.05) is 51.5 Å². The molecule has 0 fully saturated rings. The van der Waals surface area contributed by atoms with Gasteiger partial charge in [-0.25, -0.2) is 4.98 Å². The van der Waals surface area contributed by atoms with Gasteiger partial charge in [0.1, 0.15) is 6.20 Å². The Morgan fingerprint density at radius 3 is 2.56 bits per heavy atom. The Labute approximate surface area is 106 Å². The summed E-state index contributed by atoms with van der Waals surface area (Å²) < 4.78 is 0. The van der Waals surface area contributed by atoms with Gasteiger partial charge in [0.25, 0.3) is 0 Å². The smallest absolute Gasteiger partial charge is 0.329 e. The average molecular weight is 254 g/mol. The summed E-state index contributed by atoms with van der Waals surface area (Å²) >= 11 is 0. The third-order valence-electron chi connectivity index (χ3n) is 2.41. The van der Waals surface area contributed by atoms with Gasteiger partial charge in [-0.2, -0.15) is 4.98 Å². The largest absolute Gasteiger partial charge is 0.357 e. The van der Waals surface area contributed by atoms with E-state index in [4.69, 9.17) is 0 Å². The molecule has 18 heavy (non-hydrogen) atoms. The van der Waals surface area contributed by atoms with Crippen molar-refractivity contribution in [1.29, 1.82) is 0 Å². The van der Waals surface area contributed by atoms with Crippen molar-refractivity contribution in [3.05, 3.63) is 16.3 Å². The van der Waals surface area contributed by atoms with Crippen LogP contribution in [0.4, 0.5) is 17.5 Å². The van der Waals surface area contributed by atoms with Crippen molar-refractivity contribution in [2.45, 2.75) is 0 Å². The van der Waals surface area contributed by atoms with Crippen molar-refractivity contribution in [2.24, 2.45) is 0 Å².